The lowest BCUT2D eigenvalue weighted by molar-refractivity contribution is -0.0579. The third kappa shape index (κ3) is 3.14. The zero-order valence-electron chi connectivity index (χ0n) is 10.2. The fourth-order valence-corrected chi connectivity index (χ4v) is 1.86. The van der Waals surface area contributed by atoms with Crippen LogP contribution in [-0.4, -0.2) is 61.1 Å². The molecule has 0 amide bonds. The number of epoxide rings is 1. The van der Waals surface area contributed by atoms with Crippen molar-refractivity contribution in [1.29, 1.82) is 0 Å². The van der Waals surface area contributed by atoms with Gasteiger partial charge >= 0.3 is 0 Å². The van der Waals surface area contributed by atoms with Crippen molar-refractivity contribution in [2.45, 2.75) is 38.9 Å². The van der Waals surface area contributed by atoms with E-state index < -0.39 is 0 Å². The number of hydrogen-bond donors (Lipinski definition) is 0. The SMILES string of the molecule is CN1CCN(C2OC2OC(C)(C)C)CC1. The standard InChI is InChI=1S/C11H22N2O2/c1-11(2,3)15-10-9(14-10)13-7-5-12(4)6-8-13/h9-10H,5-8H2,1-4H3. The average molecular weight is 214 g/mol. The molecule has 0 N–H and O–H groups in total. The molecule has 2 atom stereocenters. The maximum atomic E-state index is 5.76. The molecular formula is C11H22N2O2. The molecule has 0 spiro atoms. The number of likely N-dealkylation sites (N-methyl/N-ethyl adjacent to an activating group) is 1. The lowest BCUT2D eigenvalue weighted by Crippen LogP contribution is -2.46. The second-order valence-corrected chi connectivity index (χ2v) is 5.46. The van der Waals surface area contributed by atoms with E-state index in [4.69, 9.17) is 9.47 Å². The summed E-state index contributed by atoms with van der Waals surface area (Å²) in [6, 6.07) is 0. The van der Waals surface area contributed by atoms with Crippen LogP contribution in [0.15, 0.2) is 0 Å². The highest BCUT2D eigenvalue weighted by molar-refractivity contribution is 4.83. The van der Waals surface area contributed by atoms with Crippen molar-refractivity contribution in [1.82, 2.24) is 9.80 Å². The summed E-state index contributed by atoms with van der Waals surface area (Å²) in [6.07, 6.45) is 0.200. The zero-order valence-corrected chi connectivity index (χ0v) is 10.2. The predicted molar refractivity (Wildman–Crippen MR) is 58.6 cm³/mol. The van der Waals surface area contributed by atoms with Crippen molar-refractivity contribution in [3.63, 3.8) is 0 Å². The van der Waals surface area contributed by atoms with Crippen LogP contribution in [0.5, 0.6) is 0 Å². The Kier molecular flexibility index (Phi) is 3.03. The van der Waals surface area contributed by atoms with Crippen LogP contribution in [-0.2, 0) is 9.47 Å². The van der Waals surface area contributed by atoms with Crippen LogP contribution in [0, 0.1) is 0 Å². The summed E-state index contributed by atoms with van der Waals surface area (Å²) in [5, 5.41) is 0. The van der Waals surface area contributed by atoms with E-state index in [1.54, 1.807) is 0 Å². The highest BCUT2D eigenvalue weighted by Gasteiger charge is 2.47. The largest absolute Gasteiger partial charge is 0.343 e. The van der Waals surface area contributed by atoms with E-state index in [1.807, 2.05) is 0 Å². The summed E-state index contributed by atoms with van der Waals surface area (Å²) in [6.45, 7) is 10.6. The number of piperazine rings is 1. The second kappa shape index (κ2) is 4.01. The summed E-state index contributed by atoms with van der Waals surface area (Å²) < 4.78 is 11.3. The molecule has 0 saturated carbocycles. The Morgan fingerprint density at radius 3 is 2.27 bits per heavy atom. The lowest BCUT2D eigenvalue weighted by atomic mass is 10.2. The van der Waals surface area contributed by atoms with E-state index in [2.05, 4.69) is 37.6 Å². The molecule has 0 aromatic heterocycles. The first kappa shape index (κ1) is 11.3. The van der Waals surface area contributed by atoms with Crippen molar-refractivity contribution in [3.8, 4) is 0 Å². The quantitative estimate of drug-likeness (QED) is 0.634. The summed E-state index contributed by atoms with van der Waals surface area (Å²) in [7, 11) is 2.16. The number of ether oxygens (including phenoxy) is 2. The lowest BCUT2D eigenvalue weighted by Gasteiger charge is -2.31. The Hall–Kier alpha value is -0.160. The molecule has 4 nitrogen and oxygen atoms in total. The van der Waals surface area contributed by atoms with E-state index in [0.717, 1.165) is 26.2 Å². The number of rotatable bonds is 2. The summed E-state index contributed by atoms with van der Waals surface area (Å²) in [5.41, 5.74) is -0.105. The van der Waals surface area contributed by atoms with Gasteiger partial charge in [-0.3, -0.25) is 4.90 Å². The summed E-state index contributed by atoms with van der Waals surface area (Å²) >= 11 is 0. The minimum Gasteiger partial charge on any atom is -0.343 e. The van der Waals surface area contributed by atoms with Crippen molar-refractivity contribution in [2.24, 2.45) is 0 Å². The molecule has 2 aliphatic heterocycles. The topological polar surface area (TPSA) is 28.2 Å². The van der Waals surface area contributed by atoms with E-state index in [9.17, 15) is 0 Å². The van der Waals surface area contributed by atoms with Gasteiger partial charge in [0.15, 0.2) is 12.5 Å². The normalized spacial score (nSPS) is 34.4. The van der Waals surface area contributed by atoms with Gasteiger partial charge in [0.25, 0.3) is 0 Å². The smallest absolute Gasteiger partial charge is 0.200 e. The molecule has 2 saturated heterocycles. The van der Waals surface area contributed by atoms with Gasteiger partial charge in [-0.25, -0.2) is 0 Å². The summed E-state index contributed by atoms with van der Waals surface area (Å²) in [4.78, 5) is 4.72. The van der Waals surface area contributed by atoms with Crippen molar-refractivity contribution in [3.05, 3.63) is 0 Å². The molecule has 15 heavy (non-hydrogen) atoms. The van der Waals surface area contributed by atoms with Gasteiger partial charge in [0.2, 0.25) is 0 Å². The van der Waals surface area contributed by atoms with Crippen molar-refractivity contribution in [2.75, 3.05) is 33.2 Å². The molecule has 0 radical (unpaired) electrons. The molecule has 0 bridgehead atoms. The van der Waals surface area contributed by atoms with E-state index >= 15 is 0 Å². The Bertz CT molecular complexity index is 219. The monoisotopic (exact) mass is 214 g/mol. The van der Waals surface area contributed by atoms with Crippen LogP contribution in [0.2, 0.25) is 0 Å². The van der Waals surface area contributed by atoms with Crippen LogP contribution < -0.4 is 0 Å². The highest BCUT2D eigenvalue weighted by atomic mass is 16.8. The van der Waals surface area contributed by atoms with Gasteiger partial charge in [-0.15, -0.1) is 0 Å². The molecule has 2 aliphatic rings. The van der Waals surface area contributed by atoms with E-state index in [-0.39, 0.29) is 18.1 Å². The molecule has 2 fully saturated rings. The van der Waals surface area contributed by atoms with Gasteiger partial charge in [0.05, 0.1) is 5.60 Å². The third-order valence-electron chi connectivity index (χ3n) is 2.80. The maximum Gasteiger partial charge on any atom is 0.200 e. The first-order chi connectivity index (χ1) is 6.96. The van der Waals surface area contributed by atoms with Gasteiger partial charge in [0, 0.05) is 26.2 Å². The first-order valence-corrected chi connectivity index (χ1v) is 5.71. The van der Waals surface area contributed by atoms with Crippen LogP contribution in [0.25, 0.3) is 0 Å². The minimum absolute atomic E-state index is 0.00611. The van der Waals surface area contributed by atoms with Crippen molar-refractivity contribution < 1.29 is 9.47 Å². The van der Waals surface area contributed by atoms with Gasteiger partial charge in [-0.05, 0) is 27.8 Å². The molecule has 88 valence electrons. The molecule has 2 rings (SSSR count). The molecule has 0 aromatic rings. The van der Waals surface area contributed by atoms with Gasteiger partial charge in [0.1, 0.15) is 0 Å². The Morgan fingerprint density at radius 2 is 1.73 bits per heavy atom. The van der Waals surface area contributed by atoms with Gasteiger partial charge in [-0.2, -0.15) is 0 Å². The zero-order chi connectivity index (χ0) is 11.1. The minimum atomic E-state index is -0.105. The van der Waals surface area contributed by atoms with E-state index in [0.29, 0.717) is 0 Å². The first-order valence-electron chi connectivity index (χ1n) is 5.71. The fraction of sp³-hybridized carbons (Fsp3) is 1.00. The molecule has 0 aliphatic carbocycles. The van der Waals surface area contributed by atoms with Crippen LogP contribution >= 0.6 is 0 Å². The third-order valence-corrected chi connectivity index (χ3v) is 2.80. The highest BCUT2D eigenvalue weighted by Crippen LogP contribution is 2.31. The Balaban J connectivity index is 1.74. The van der Waals surface area contributed by atoms with Crippen LogP contribution in [0.1, 0.15) is 20.8 Å². The predicted octanol–water partition coefficient (Wildman–Crippen LogP) is 0.731. The van der Waals surface area contributed by atoms with Crippen LogP contribution in [0.3, 0.4) is 0 Å². The number of hydrogen-bond acceptors (Lipinski definition) is 4. The summed E-state index contributed by atoms with van der Waals surface area (Å²) in [5.74, 6) is 0. The molecule has 0 aromatic carbocycles. The molecule has 2 unspecified atom stereocenters. The fourth-order valence-electron chi connectivity index (χ4n) is 1.86. The number of nitrogens with zero attached hydrogens (tertiary/aromatic N) is 2. The second-order valence-electron chi connectivity index (χ2n) is 5.46. The molecule has 4 heteroatoms. The Labute approximate surface area is 92.1 Å². The molecular weight excluding hydrogens is 192 g/mol. The molecule has 2 heterocycles. The Morgan fingerprint density at radius 1 is 1.13 bits per heavy atom. The van der Waals surface area contributed by atoms with Crippen LogP contribution in [0.4, 0.5) is 0 Å². The van der Waals surface area contributed by atoms with E-state index in [1.165, 1.54) is 0 Å². The van der Waals surface area contributed by atoms with Gasteiger partial charge < -0.3 is 14.4 Å². The van der Waals surface area contributed by atoms with Gasteiger partial charge in [-0.1, -0.05) is 0 Å². The average Bonchev–Trinajstić information content (AvgIpc) is 2.82. The van der Waals surface area contributed by atoms with Crippen molar-refractivity contribution >= 4 is 0 Å². The maximum absolute atomic E-state index is 5.76.